The molecule has 2 heterocycles. The van der Waals surface area contributed by atoms with Crippen molar-refractivity contribution in [3.63, 3.8) is 0 Å². The van der Waals surface area contributed by atoms with Gasteiger partial charge in [0.05, 0.1) is 4.88 Å². The van der Waals surface area contributed by atoms with Gasteiger partial charge in [-0.3, -0.25) is 4.68 Å². The average molecular weight is 312 g/mol. The quantitative estimate of drug-likeness (QED) is 0.750. The number of benzene rings is 1. The van der Waals surface area contributed by atoms with Crippen molar-refractivity contribution in [3.8, 4) is 10.6 Å². The molecule has 0 spiro atoms. The molecule has 2 aromatic heterocycles. The van der Waals surface area contributed by atoms with Crippen LogP contribution in [0.3, 0.4) is 0 Å². The number of carbonyl (C=O) groups is 1. The lowest BCUT2D eigenvalue weighted by Gasteiger charge is -2.02. The van der Waals surface area contributed by atoms with Crippen molar-refractivity contribution < 1.29 is 9.90 Å². The normalized spacial score (nSPS) is 10.7. The fourth-order valence-electron chi connectivity index (χ4n) is 2.30. The van der Waals surface area contributed by atoms with Crippen LogP contribution in [0.2, 0.25) is 0 Å². The van der Waals surface area contributed by atoms with Crippen molar-refractivity contribution in [2.75, 3.05) is 0 Å². The predicted octanol–water partition coefficient (Wildman–Crippen LogP) is 3.94. The molecule has 0 radical (unpaired) electrons. The first-order valence-electron chi connectivity index (χ1n) is 7.13. The molecular weight excluding hydrogens is 296 g/mol. The van der Waals surface area contributed by atoms with Gasteiger partial charge in [-0.05, 0) is 36.6 Å². The summed E-state index contributed by atoms with van der Waals surface area (Å²) in [4.78, 5) is 12.1. The van der Waals surface area contributed by atoms with E-state index in [1.165, 1.54) is 16.9 Å². The Morgan fingerprint density at radius 2 is 1.95 bits per heavy atom. The molecule has 0 unspecified atom stereocenters. The van der Waals surface area contributed by atoms with E-state index in [9.17, 15) is 4.79 Å². The third kappa shape index (κ3) is 3.43. The van der Waals surface area contributed by atoms with E-state index in [1.54, 1.807) is 6.07 Å². The van der Waals surface area contributed by atoms with Gasteiger partial charge in [0.15, 0.2) is 0 Å². The minimum Gasteiger partial charge on any atom is -0.477 e. The molecule has 112 valence electrons. The molecule has 0 saturated carbocycles. The van der Waals surface area contributed by atoms with Crippen LogP contribution >= 0.6 is 11.3 Å². The first-order valence-corrected chi connectivity index (χ1v) is 7.95. The van der Waals surface area contributed by atoms with E-state index < -0.39 is 5.97 Å². The van der Waals surface area contributed by atoms with Gasteiger partial charge in [0.1, 0.15) is 10.6 Å². The maximum Gasteiger partial charge on any atom is 0.345 e. The van der Waals surface area contributed by atoms with Crippen molar-refractivity contribution in [3.05, 3.63) is 65.2 Å². The van der Waals surface area contributed by atoms with Crippen LogP contribution in [0.1, 0.15) is 21.7 Å². The summed E-state index contributed by atoms with van der Waals surface area (Å²) in [5.74, 6) is -0.890. The number of nitrogens with zero attached hydrogens (tertiary/aromatic N) is 2. The number of carboxylic acids is 1. The van der Waals surface area contributed by atoms with Crippen molar-refractivity contribution in [2.24, 2.45) is 0 Å². The summed E-state index contributed by atoms with van der Waals surface area (Å²) in [7, 11) is 0. The minimum atomic E-state index is -0.890. The summed E-state index contributed by atoms with van der Waals surface area (Å²) in [6.07, 6.45) is 3.99. The molecule has 0 atom stereocenters. The highest BCUT2D eigenvalue weighted by Gasteiger charge is 2.10. The third-order valence-corrected chi connectivity index (χ3v) is 4.50. The Hall–Kier alpha value is -2.40. The number of aromatic nitrogens is 2. The van der Waals surface area contributed by atoms with Crippen LogP contribution in [0.15, 0.2) is 54.7 Å². The van der Waals surface area contributed by atoms with E-state index in [1.807, 2.05) is 29.1 Å². The van der Waals surface area contributed by atoms with E-state index in [0.717, 1.165) is 30.0 Å². The smallest absolute Gasteiger partial charge is 0.345 e. The van der Waals surface area contributed by atoms with E-state index in [0.29, 0.717) is 4.88 Å². The highest BCUT2D eigenvalue weighted by Crippen LogP contribution is 2.26. The number of hydrogen-bond donors (Lipinski definition) is 1. The highest BCUT2D eigenvalue weighted by atomic mass is 32.1. The number of aromatic carboxylic acids is 1. The van der Waals surface area contributed by atoms with E-state index in [-0.39, 0.29) is 0 Å². The van der Waals surface area contributed by atoms with Gasteiger partial charge in [-0.25, -0.2) is 4.79 Å². The molecule has 0 fully saturated rings. The summed E-state index contributed by atoms with van der Waals surface area (Å²) in [5.41, 5.74) is 2.16. The SMILES string of the molecule is O=C(O)c1ccc(-c2ccn(CCCc3ccccc3)n2)s1. The average Bonchev–Trinajstić information content (AvgIpc) is 3.17. The zero-order valence-corrected chi connectivity index (χ0v) is 12.8. The highest BCUT2D eigenvalue weighted by molar-refractivity contribution is 7.17. The molecule has 0 aliphatic rings. The summed E-state index contributed by atoms with van der Waals surface area (Å²) in [6.45, 7) is 0.853. The zero-order chi connectivity index (χ0) is 15.4. The van der Waals surface area contributed by atoms with Crippen LogP contribution in [0, 0.1) is 0 Å². The maximum atomic E-state index is 10.9. The molecule has 3 aromatic rings. The fraction of sp³-hybridized carbons (Fsp3) is 0.176. The van der Waals surface area contributed by atoms with Gasteiger partial charge >= 0.3 is 5.97 Å². The molecule has 22 heavy (non-hydrogen) atoms. The minimum absolute atomic E-state index is 0.341. The lowest BCUT2D eigenvalue weighted by atomic mass is 10.1. The number of thiophene rings is 1. The zero-order valence-electron chi connectivity index (χ0n) is 12.0. The Bertz CT molecular complexity index is 762. The molecule has 1 N–H and O–H groups in total. The molecule has 0 aliphatic heterocycles. The Kier molecular flexibility index (Phi) is 4.34. The van der Waals surface area contributed by atoms with Gasteiger partial charge in [-0.1, -0.05) is 30.3 Å². The second kappa shape index (κ2) is 6.58. The first-order chi connectivity index (χ1) is 10.7. The molecule has 4 nitrogen and oxygen atoms in total. The summed E-state index contributed by atoms with van der Waals surface area (Å²) in [6, 6.07) is 15.8. The Morgan fingerprint density at radius 3 is 2.68 bits per heavy atom. The van der Waals surface area contributed by atoms with Gasteiger partial charge in [0.25, 0.3) is 0 Å². The largest absolute Gasteiger partial charge is 0.477 e. The monoisotopic (exact) mass is 312 g/mol. The van der Waals surface area contributed by atoms with Crippen molar-refractivity contribution >= 4 is 17.3 Å². The second-order valence-corrected chi connectivity index (χ2v) is 6.11. The predicted molar refractivity (Wildman–Crippen MR) is 87.3 cm³/mol. The maximum absolute atomic E-state index is 10.9. The third-order valence-electron chi connectivity index (χ3n) is 3.41. The van der Waals surface area contributed by atoms with Crippen LogP contribution in [0.5, 0.6) is 0 Å². The fourth-order valence-corrected chi connectivity index (χ4v) is 3.11. The van der Waals surface area contributed by atoms with E-state index >= 15 is 0 Å². The molecule has 0 amide bonds. The number of carboxylic acid groups (broad SMARTS) is 1. The molecule has 3 rings (SSSR count). The lowest BCUT2D eigenvalue weighted by molar-refractivity contribution is 0.0702. The van der Waals surface area contributed by atoms with Crippen LogP contribution in [0.25, 0.3) is 10.6 Å². The van der Waals surface area contributed by atoms with Gasteiger partial charge in [-0.2, -0.15) is 5.10 Å². The van der Waals surface area contributed by atoms with E-state index in [4.69, 9.17) is 5.11 Å². The standard InChI is InChI=1S/C17H16N2O2S/c20-17(21)16-9-8-15(22-16)14-10-12-19(18-14)11-4-7-13-5-2-1-3-6-13/h1-3,5-6,8-10,12H,4,7,11H2,(H,20,21). The number of rotatable bonds is 6. The van der Waals surface area contributed by atoms with Gasteiger partial charge in [0.2, 0.25) is 0 Å². The van der Waals surface area contributed by atoms with E-state index in [2.05, 4.69) is 29.4 Å². The van der Waals surface area contributed by atoms with Crippen LogP contribution in [-0.2, 0) is 13.0 Å². The van der Waals surface area contributed by atoms with Crippen molar-refractivity contribution in [1.82, 2.24) is 9.78 Å². The molecule has 0 bridgehead atoms. The Morgan fingerprint density at radius 1 is 1.14 bits per heavy atom. The molecule has 1 aromatic carbocycles. The summed E-state index contributed by atoms with van der Waals surface area (Å²) in [5, 5.41) is 13.5. The van der Waals surface area contributed by atoms with Crippen molar-refractivity contribution in [1.29, 1.82) is 0 Å². The molecule has 0 saturated heterocycles. The Labute approximate surface area is 132 Å². The summed E-state index contributed by atoms with van der Waals surface area (Å²) < 4.78 is 1.92. The van der Waals surface area contributed by atoms with Crippen LogP contribution in [0.4, 0.5) is 0 Å². The second-order valence-electron chi connectivity index (χ2n) is 5.02. The first kappa shape index (κ1) is 14.5. The van der Waals surface area contributed by atoms with Gasteiger partial charge in [-0.15, -0.1) is 11.3 Å². The number of hydrogen-bond acceptors (Lipinski definition) is 3. The molecular formula is C17H16N2O2S. The topological polar surface area (TPSA) is 55.1 Å². The molecule has 5 heteroatoms. The van der Waals surface area contributed by atoms with Crippen LogP contribution < -0.4 is 0 Å². The number of aryl methyl sites for hydroxylation is 2. The van der Waals surface area contributed by atoms with Gasteiger partial charge in [0, 0.05) is 12.7 Å². The Balaban J connectivity index is 1.60. The van der Waals surface area contributed by atoms with Crippen molar-refractivity contribution in [2.45, 2.75) is 19.4 Å². The van der Waals surface area contributed by atoms with Crippen LogP contribution in [-0.4, -0.2) is 20.9 Å². The molecule has 0 aliphatic carbocycles. The summed E-state index contributed by atoms with van der Waals surface area (Å²) >= 11 is 1.25. The lowest BCUT2D eigenvalue weighted by Crippen LogP contribution is -2.00. The van der Waals surface area contributed by atoms with Gasteiger partial charge < -0.3 is 5.11 Å².